The van der Waals surface area contributed by atoms with E-state index in [1.54, 1.807) is 0 Å². The van der Waals surface area contributed by atoms with Gasteiger partial charge in [0.2, 0.25) is 0 Å². The predicted octanol–water partition coefficient (Wildman–Crippen LogP) is 3.84. The number of halogens is 1. The largest absolute Gasteiger partial charge is 0.393 e. The molecule has 0 radical (unpaired) electrons. The standard InChI is InChI=1S/C19H31FO2/c1-17-9-10-19(20)15(14(17)5-6-16(17)22)4-3-12-11-13(21)7-8-18(12,19)2/h12-16,21-22H,3-11H2,1-2H3/t12-,13-,14-,15-,16-,17-,18-,19+/m0/s1. The summed E-state index contributed by atoms with van der Waals surface area (Å²) in [6.07, 6.45) is 7.24. The average molecular weight is 310 g/mol. The Hall–Kier alpha value is -0.150. The van der Waals surface area contributed by atoms with Gasteiger partial charge < -0.3 is 10.2 Å². The van der Waals surface area contributed by atoms with Crippen molar-refractivity contribution >= 4 is 0 Å². The number of alkyl halides is 1. The maximum atomic E-state index is 16.4. The highest BCUT2D eigenvalue weighted by molar-refractivity contribution is 5.17. The van der Waals surface area contributed by atoms with E-state index >= 15 is 4.39 Å². The van der Waals surface area contributed by atoms with Crippen LogP contribution in [0.4, 0.5) is 4.39 Å². The van der Waals surface area contributed by atoms with E-state index < -0.39 is 5.67 Å². The van der Waals surface area contributed by atoms with Crippen molar-refractivity contribution in [3.8, 4) is 0 Å². The van der Waals surface area contributed by atoms with Crippen LogP contribution >= 0.6 is 0 Å². The van der Waals surface area contributed by atoms with Gasteiger partial charge in [-0.25, -0.2) is 4.39 Å². The van der Waals surface area contributed by atoms with Crippen LogP contribution < -0.4 is 0 Å². The van der Waals surface area contributed by atoms with Gasteiger partial charge in [-0.2, -0.15) is 0 Å². The Balaban J connectivity index is 1.69. The lowest BCUT2D eigenvalue weighted by Crippen LogP contribution is -2.63. The average Bonchev–Trinajstić information content (AvgIpc) is 2.77. The van der Waals surface area contributed by atoms with Crippen LogP contribution in [-0.4, -0.2) is 28.1 Å². The topological polar surface area (TPSA) is 40.5 Å². The number of hydrogen-bond donors (Lipinski definition) is 2. The summed E-state index contributed by atoms with van der Waals surface area (Å²) in [5, 5.41) is 20.4. The first-order valence-corrected chi connectivity index (χ1v) is 9.36. The molecule has 0 heterocycles. The third-order valence-corrected chi connectivity index (χ3v) is 8.69. The summed E-state index contributed by atoms with van der Waals surface area (Å²) in [6.45, 7) is 4.37. The highest BCUT2D eigenvalue weighted by Gasteiger charge is 2.68. The summed E-state index contributed by atoms with van der Waals surface area (Å²) in [5.41, 5.74) is -1.40. The summed E-state index contributed by atoms with van der Waals surface area (Å²) in [6, 6.07) is 0. The van der Waals surface area contributed by atoms with Crippen LogP contribution in [0.1, 0.15) is 71.6 Å². The van der Waals surface area contributed by atoms with Crippen molar-refractivity contribution in [1.82, 2.24) is 0 Å². The van der Waals surface area contributed by atoms with Crippen molar-refractivity contribution in [2.45, 2.75) is 89.5 Å². The molecule has 8 atom stereocenters. The van der Waals surface area contributed by atoms with Gasteiger partial charge in [0.05, 0.1) is 12.2 Å². The fourth-order valence-corrected chi connectivity index (χ4v) is 7.09. The number of hydrogen-bond acceptors (Lipinski definition) is 2. The van der Waals surface area contributed by atoms with Gasteiger partial charge in [-0.05, 0) is 81.0 Å². The molecule has 3 heteroatoms. The molecule has 4 rings (SSSR count). The fraction of sp³-hybridized carbons (Fsp3) is 1.00. The molecule has 0 saturated heterocycles. The van der Waals surface area contributed by atoms with E-state index in [9.17, 15) is 10.2 Å². The lowest BCUT2D eigenvalue weighted by Gasteiger charge is -2.63. The Morgan fingerprint density at radius 2 is 1.59 bits per heavy atom. The van der Waals surface area contributed by atoms with Crippen molar-refractivity contribution in [3.05, 3.63) is 0 Å². The predicted molar refractivity (Wildman–Crippen MR) is 84.1 cm³/mol. The van der Waals surface area contributed by atoms with Gasteiger partial charge in [0, 0.05) is 5.41 Å². The van der Waals surface area contributed by atoms with E-state index in [-0.39, 0.29) is 29.0 Å². The van der Waals surface area contributed by atoms with Crippen molar-refractivity contribution in [2.75, 3.05) is 0 Å². The van der Waals surface area contributed by atoms with Crippen LogP contribution in [0.15, 0.2) is 0 Å². The van der Waals surface area contributed by atoms with E-state index in [0.29, 0.717) is 18.3 Å². The van der Waals surface area contributed by atoms with E-state index in [4.69, 9.17) is 0 Å². The Kier molecular flexibility index (Phi) is 3.28. The molecule has 0 spiro atoms. The summed E-state index contributed by atoms with van der Waals surface area (Å²) in [7, 11) is 0. The third-order valence-electron chi connectivity index (χ3n) is 8.69. The lowest BCUT2D eigenvalue weighted by molar-refractivity contribution is -0.205. The van der Waals surface area contributed by atoms with Gasteiger partial charge >= 0.3 is 0 Å². The molecule has 0 aliphatic heterocycles. The Bertz CT molecular complexity index is 468. The Morgan fingerprint density at radius 3 is 2.36 bits per heavy atom. The molecule has 4 aliphatic rings. The number of aliphatic hydroxyl groups excluding tert-OH is 2. The zero-order chi connectivity index (χ0) is 15.8. The Labute approximate surface area is 133 Å². The summed E-state index contributed by atoms with van der Waals surface area (Å²) in [4.78, 5) is 0. The summed E-state index contributed by atoms with van der Waals surface area (Å²) in [5.74, 6) is 0.818. The minimum Gasteiger partial charge on any atom is -0.393 e. The maximum Gasteiger partial charge on any atom is 0.119 e. The summed E-state index contributed by atoms with van der Waals surface area (Å²) >= 11 is 0. The van der Waals surface area contributed by atoms with Crippen molar-refractivity contribution in [1.29, 1.82) is 0 Å². The number of fused-ring (bicyclic) bond motifs is 5. The van der Waals surface area contributed by atoms with Gasteiger partial charge in [-0.3, -0.25) is 0 Å². The molecule has 0 aromatic rings. The minimum atomic E-state index is -1.08. The molecule has 0 aromatic heterocycles. The van der Waals surface area contributed by atoms with E-state index in [1.807, 2.05) is 0 Å². The molecular weight excluding hydrogens is 279 g/mol. The van der Waals surface area contributed by atoms with Gasteiger partial charge in [0.25, 0.3) is 0 Å². The molecule has 126 valence electrons. The second kappa shape index (κ2) is 4.69. The van der Waals surface area contributed by atoms with Gasteiger partial charge in [0.15, 0.2) is 0 Å². The second-order valence-electron chi connectivity index (χ2n) is 9.29. The molecule has 2 N–H and O–H groups in total. The maximum absolute atomic E-state index is 16.4. The quantitative estimate of drug-likeness (QED) is 0.713. The molecule has 4 saturated carbocycles. The highest BCUT2D eigenvalue weighted by atomic mass is 19.1. The molecular formula is C19H31FO2. The van der Waals surface area contributed by atoms with Crippen molar-refractivity contribution in [2.24, 2.45) is 28.6 Å². The molecule has 22 heavy (non-hydrogen) atoms. The van der Waals surface area contributed by atoms with Crippen LogP contribution in [0.2, 0.25) is 0 Å². The molecule has 0 unspecified atom stereocenters. The smallest absolute Gasteiger partial charge is 0.119 e. The fourth-order valence-electron chi connectivity index (χ4n) is 7.09. The first kappa shape index (κ1) is 15.4. The molecule has 4 aliphatic carbocycles. The van der Waals surface area contributed by atoms with Gasteiger partial charge in [-0.1, -0.05) is 13.8 Å². The van der Waals surface area contributed by atoms with Crippen LogP contribution in [0, 0.1) is 28.6 Å². The molecule has 2 nitrogen and oxygen atoms in total. The minimum absolute atomic E-state index is 0.0579. The first-order chi connectivity index (χ1) is 10.3. The van der Waals surface area contributed by atoms with E-state index in [0.717, 1.165) is 51.4 Å². The number of rotatable bonds is 0. The molecule has 0 aromatic carbocycles. The summed E-state index contributed by atoms with van der Waals surface area (Å²) < 4.78 is 16.4. The zero-order valence-electron chi connectivity index (χ0n) is 14.0. The monoisotopic (exact) mass is 310 g/mol. The molecule has 0 bridgehead atoms. The highest BCUT2D eigenvalue weighted by Crippen LogP contribution is 2.69. The van der Waals surface area contributed by atoms with Crippen molar-refractivity contribution < 1.29 is 14.6 Å². The second-order valence-corrected chi connectivity index (χ2v) is 9.29. The van der Waals surface area contributed by atoms with Gasteiger partial charge in [-0.15, -0.1) is 0 Å². The van der Waals surface area contributed by atoms with Crippen LogP contribution in [0.25, 0.3) is 0 Å². The van der Waals surface area contributed by atoms with Gasteiger partial charge in [0.1, 0.15) is 5.67 Å². The van der Waals surface area contributed by atoms with E-state index in [2.05, 4.69) is 13.8 Å². The zero-order valence-corrected chi connectivity index (χ0v) is 14.0. The first-order valence-electron chi connectivity index (χ1n) is 9.36. The lowest BCUT2D eigenvalue weighted by atomic mass is 9.43. The number of aliphatic hydroxyl groups is 2. The third kappa shape index (κ3) is 1.73. The van der Waals surface area contributed by atoms with Crippen LogP contribution in [0.5, 0.6) is 0 Å². The van der Waals surface area contributed by atoms with Crippen molar-refractivity contribution in [3.63, 3.8) is 0 Å². The Morgan fingerprint density at radius 1 is 0.864 bits per heavy atom. The molecule has 0 amide bonds. The van der Waals surface area contributed by atoms with Crippen LogP contribution in [0.3, 0.4) is 0 Å². The normalized spacial score (nSPS) is 61.2. The molecule has 4 fully saturated rings. The SMILES string of the molecule is C[C@]12CC[C@@]3(F)[C@@H](CC[C@H]4C[C@@H](O)CC[C@@]43C)[C@@H]1CC[C@@H]2O. The van der Waals surface area contributed by atoms with E-state index in [1.165, 1.54) is 0 Å². The van der Waals surface area contributed by atoms with Crippen LogP contribution in [-0.2, 0) is 0 Å².